The molecule has 3 saturated heterocycles. The number of rotatable bonds is 2. The number of carbonyl (C=O) groups excluding carboxylic acids is 2. The molecule has 1 aromatic carbocycles. The Morgan fingerprint density at radius 2 is 1.91 bits per heavy atom. The average molecular weight is 448 g/mol. The topological polar surface area (TPSA) is 87.1 Å². The van der Waals surface area contributed by atoms with Crippen LogP contribution in [0.1, 0.15) is 36.5 Å². The van der Waals surface area contributed by atoms with Crippen LogP contribution >= 0.6 is 0 Å². The lowest BCUT2D eigenvalue weighted by Crippen LogP contribution is -2.73. The van der Waals surface area contributed by atoms with Gasteiger partial charge >= 0.3 is 5.97 Å². The van der Waals surface area contributed by atoms with E-state index < -0.39 is 35.6 Å². The van der Waals surface area contributed by atoms with Crippen molar-refractivity contribution in [2.45, 2.75) is 56.6 Å². The highest BCUT2D eigenvalue weighted by atomic mass is 16.5. The average Bonchev–Trinajstić information content (AvgIpc) is 3.21. The third kappa shape index (κ3) is 1.74. The number of Topliss-reactive ketones (excluding diaryl/α,β-unsaturated/α-hetero) is 1. The van der Waals surface area contributed by atoms with Crippen LogP contribution in [-0.4, -0.2) is 63.8 Å². The maximum Gasteiger partial charge on any atom is 0.338 e. The van der Waals surface area contributed by atoms with Gasteiger partial charge in [0.15, 0.2) is 0 Å². The molecular formula is C27H29NO5. The second kappa shape index (κ2) is 5.45. The predicted octanol–water partition coefficient (Wildman–Crippen LogP) is 1.81. The van der Waals surface area contributed by atoms with Crippen molar-refractivity contribution < 1.29 is 24.5 Å². The Morgan fingerprint density at radius 1 is 1.15 bits per heavy atom. The van der Waals surface area contributed by atoms with E-state index in [-0.39, 0.29) is 34.5 Å². The predicted molar refractivity (Wildman–Crippen MR) is 117 cm³/mol. The van der Waals surface area contributed by atoms with Crippen LogP contribution in [0.25, 0.3) is 0 Å². The number of esters is 1. The molecule has 9 bridgehead atoms. The maximum absolute atomic E-state index is 13.3. The van der Waals surface area contributed by atoms with Gasteiger partial charge in [-0.25, -0.2) is 4.79 Å². The molecule has 4 unspecified atom stereocenters. The number of benzene rings is 1. The van der Waals surface area contributed by atoms with Crippen LogP contribution in [-0.2, 0) is 9.53 Å². The van der Waals surface area contributed by atoms with Crippen LogP contribution in [0.2, 0.25) is 0 Å². The van der Waals surface area contributed by atoms with Gasteiger partial charge in [0.25, 0.3) is 0 Å². The van der Waals surface area contributed by atoms with Crippen LogP contribution < -0.4 is 0 Å². The second-order valence-electron chi connectivity index (χ2n) is 12.4. The van der Waals surface area contributed by atoms with Gasteiger partial charge in [-0.05, 0) is 35.5 Å². The van der Waals surface area contributed by atoms with E-state index in [4.69, 9.17) is 4.74 Å². The number of ether oxygens (including phenoxy) is 1. The Hall–Kier alpha value is -2.02. The number of ketones is 1. The summed E-state index contributed by atoms with van der Waals surface area (Å²) in [4.78, 5) is 29.0. The van der Waals surface area contributed by atoms with Gasteiger partial charge < -0.3 is 14.9 Å². The number of piperidine rings is 2. The van der Waals surface area contributed by atoms with Crippen molar-refractivity contribution in [3.8, 4) is 0 Å². The summed E-state index contributed by atoms with van der Waals surface area (Å²) in [6.45, 7) is 7.37. The molecule has 0 aromatic heterocycles. The number of aliphatic hydroxyl groups excluding tert-OH is 2. The molecule has 2 spiro atoms. The molecule has 9 fully saturated rings. The molecular weight excluding hydrogens is 418 g/mol. The SMILES string of the molecule is C=C1[C@@H](O)[C@]23C[C@H]4[C@@H]5[C@@]6(C)CC(=O)C[C@]57C(C2C(O)[C@H]1[C@@H](OC(=O)c1ccccc1)[C@H]37)N4C6. The van der Waals surface area contributed by atoms with Crippen molar-refractivity contribution >= 4 is 11.8 Å². The van der Waals surface area contributed by atoms with Gasteiger partial charge in [0.1, 0.15) is 11.9 Å². The molecule has 172 valence electrons. The molecule has 33 heavy (non-hydrogen) atoms. The van der Waals surface area contributed by atoms with Crippen molar-refractivity contribution in [1.82, 2.24) is 4.90 Å². The van der Waals surface area contributed by atoms with E-state index in [1.807, 2.05) is 18.2 Å². The summed E-state index contributed by atoms with van der Waals surface area (Å²) in [6.07, 6.45) is -0.134. The molecule has 9 aliphatic rings. The third-order valence-electron chi connectivity index (χ3n) is 11.3. The number of aliphatic hydroxyl groups is 2. The van der Waals surface area contributed by atoms with Crippen LogP contribution in [0.4, 0.5) is 0 Å². The molecule has 3 aliphatic heterocycles. The van der Waals surface area contributed by atoms with Gasteiger partial charge in [-0.2, -0.15) is 0 Å². The van der Waals surface area contributed by atoms with Gasteiger partial charge in [-0.3, -0.25) is 9.69 Å². The fraction of sp³-hybridized carbons (Fsp3) is 0.630. The minimum Gasteiger partial charge on any atom is -0.458 e. The highest BCUT2D eigenvalue weighted by Crippen LogP contribution is 2.86. The van der Waals surface area contributed by atoms with Crippen LogP contribution in [0.5, 0.6) is 0 Å². The van der Waals surface area contributed by atoms with Crippen molar-refractivity contribution in [2.75, 3.05) is 6.54 Å². The van der Waals surface area contributed by atoms with Crippen molar-refractivity contribution in [2.24, 2.45) is 39.9 Å². The zero-order valence-electron chi connectivity index (χ0n) is 18.7. The Bertz CT molecular complexity index is 1150. The smallest absolute Gasteiger partial charge is 0.338 e. The summed E-state index contributed by atoms with van der Waals surface area (Å²) in [5.41, 5.74) is 0.0999. The second-order valence-corrected chi connectivity index (χ2v) is 12.4. The Morgan fingerprint density at radius 3 is 2.67 bits per heavy atom. The fourth-order valence-corrected chi connectivity index (χ4v) is 11.3. The monoisotopic (exact) mass is 447 g/mol. The molecule has 2 N–H and O–H groups in total. The van der Waals surface area contributed by atoms with Gasteiger partial charge in [0, 0.05) is 60.1 Å². The Kier molecular flexibility index (Phi) is 3.19. The van der Waals surface area contributed by atoms with Crippen molar-refractivity contribution in [1.29, 1.82) is 0 Å². The van der Waals surface area contributed by atoms with E-state index in [0.717, 1.165) is 13.0 Å². The van der Waals surface area contributed by atoms with Gasteiger partial charge in [-0.1, -0.05) is 31.7 Å². The molecule has 6 aliphatic carbocycles. The number of fused-ring (bicyclic) bond motifs is 1. The summed E-state index contributed by atoms with van der Waals surface area (Å²) < 4.78 is 6.29. The van der Waals surface area contributed by atoms with E-state index >= 15 is 0 Å². The van der Waals surface area contributed by atoms with Gasteiger partial charge in [-0.15, -0.1) is 0 Å². The minimum absolute atomic E-state index is 0.0734. The van der Waals surface area contributed by atoms with Crippen molar-refractivity contribution in [3.63, 3.8) is 0 Å². The minimum atomic E-state index is -0.723. The largest absolute Gasteiger partial charge is 0.458 e. The summed E-state index contributed by atoms with van der Waals surface area (Å²) in [5, 5.41) is 23.4. The summed E-state index contributed by atoms with van der Waals surface area (Å²) in [5.74, 6) is -0.494. The lowest BCUT2D eigenvalue weighted by Gasteiger charge is -2.67. The molecule has 10 rings (SSSR count). The molecule has 6 saturated carbocycles. The Balaban J connectivity index is 1.33. The summed E-state index contributed by atoms with van der Waals surface area (Å²) >= 11 is 0. The molecule has 0 radical (unpaired) electrons. The molecule has 6 nitrogen and oxygen atoms in total. The van der Waals surface area contributed by atoms with Crippen LogP contribution in [0, 0.1) is 39.9 Å². The number of hydrogen-bond acceptors (Lipinski definition) is 6. The molecule has 3 heterocycles. The van der Waals surface area contributed by atoms with E-state index in [9.17, 15) is 19.8 Å². The lowest BCUT2D eigenvalue weighted by molar-refractivity contribution is -0.242. The highest BCUT2D eigenvalue weighted by molar-refractivity contribution is 5.89. The first-order valence-corrected chi connectivity index (χ1v) is 12.3. The van der Waals surface area contributed by atoms with Gasteiger partial charge in [0.05, 0.1) is 17.8 Å². The first kappa shape index (κ1) is 19.3. The van der Waals surface area contributed by atoms with Crippen LogP contribution in [0.3, 0.4) is 0 Å². The number of carbonyl (C=O) groups is 2. The van der Waals surface area contributed by atoms with E-state index in [0.29, 0.717) is 35.9 Å². The van der Waals surface area contributed by atoms with Gasteiger partial charge in [0.2, 0.25) is 0 Å². The first-order chi connectivity index (χ1) is 15.8. The molecule has 1 aromatic rings. The molecule has 13 atom stereocenters. The van der Waals surface area contributed by atoms with E-state index in [1.165, 1.54) is 0 Å². The van der Waals surface area contributed by atoms with Crippen LogP contribution in [0.15, 0.2) is 42.5 Å². The zero-order chi connectivity index (χ0) is 22.7. The summed E-state index contributed by atoms with van der Waals surface area (Å²) in [7, 11) is 0. The van der Waals surface area contributed by atoms with E-state index in [2.05, 4.69) is 18.4 Å². The number of nitrogens with zero attached hydrogens (tertiary/aromatic N) is 1. The zero-order valence-corrected chi connectivity index (χ0v) is 18.7. The molecule has 0 amide bonds. The number of hydrogen-bond donors (Lipinski definition) is 2. The third-order valence-corrected chi connectivity index (χ3v) is 11.3. The first-order valence-electron chi connectivity index (χ1n) is 12.3. The quantitative estimate of drug-likeness (QED) is 0.531. The molecule has 6 heteroatoms. The van der Waals surface area contributed by atoms with E-state index in [1.54, 1.807) is 12.1 Å². The maximum atomic E-state index is 13.3. The standard InChI is InChI=1S/C27H29NO5/c1-12-16-18(30)17-22-27-9-14(29)8-25(2)11-28(22)15(20(25)27)10-26(17,23(12)31)21(27)19(16)33-24(32)13-6-4-3-5-7-13/h3-7,15-23,30-31H,1,8-11H2,2H3/t15-,16-,17?,18?,19+,20+,21+,22?,23+,25-,26+,27-/m0/s1. The Labute approximate surface area is 192 Å². The summed E-state index contributed by atoms with van der Waals surface area (Å²) in [6, 6.07) is 9.36. The fourth-order valence-electron chi connectivity index (χ4n) is 11.3. The highest BCUT2D eigenvalue weighted by Gasteiger charge is 2.92. The normalized spacial score (nSPS) is 58.3. The van der Waals surface area contributed by atoms with Crippen molar-refractivity contribution in [3.05, 3.63) is 48.0 Å². The lowest BCUT2D eigenvalue weighted by atomic mass is 9.39.